The largest absolute Gasteiger partial charge is 0.371 e. The minimum Gasteiger partial charge on any atom is -0.371 e. The van der Waals surface area contributed by atoms with Crippen molar-refractivity contribution in [1.29, 1.82) is 0 Å². The highest BCUT2D eigenvalue weighted by Gasteiger charge is 2.41. The number of carbonyl (C=O) groups excluding carboxylic acids is 1. The lowest BCUT2D eigenvalue weighted by Crippen LogP contribution is -2.59. The first-order chi connectivity index (χ1) is 12.9. The first-order valence-corrected chi connectivity index (χ1v) is 10.2. The summed E-state index contributed by atoms with van der Waals surface area (Å²) >= 11 is 1.66. The highest BCUT2D eigenvalue weighted by Crippen LogP contribution is 2.29. The predicted octanol–water partition coefficient (Wildman–Crippen LogP) is 3.56. The first kappa shape index (κ1) is 19.8. The quantitative estimate of drug-likeness (QED) is 0.792. The van der Waals surface area contributed by atoms with Crippen molar-refractivity contribution in [2.24, 2.45) is 0 Å². The SMILES string of the molecule is Cc1nc(CN2CCC(Nc3cccc(F)c3)(C(=O)NC(C)C)CC2)cs1. The highest BCUT2D eigenvalue weighted by atomic mass is 32.1. The lowest BCUT2D eigenvalue weighted by molar-refractivity contribution is -0.127. The Morgan fingerprint density at radius 3 is 2.70 bits per heavy atom. The zero-order chi connectivity index (χ0) is 19.4. The van der Waals surface area contributed by atoms with Crippen LogP contribution in [-0.4, -0.2) is 40.5 Å². The molecule has 1 amide bonds. The van der Waals surface area contributed by atoms with E-state index in [1.807, 2.05) is 20.8 Å². The van der Waals surface area contributed by atoms with Gasteiger partial charge in [-0.2, -0.15) is 0 Å². The third kappa shape index (κ3) is 5.05. The molecule has 0 atom stereocenters. The van der Waals surface area contributed by atoms with E-state index in [-0.39, 0.29) is 17.8 Å². The van der Waals surface area contributed by atoms with E-state index in [2.05, 4.69) is 25.9 Å². The number of nitrogens with one attached hydrogen (secondary N) is 2. The van der Waals surface area contributed by atoms with Gasteiger partial charge in [-0.3, -0.25) is 9.69 Å². The Morgan fingerprint density at radius 1 is 1.37 bits per heavy atom. The Balaban J connectivity index is 1.72. The van der Waals surface area contributed by atoms with E-state index in [9.17, 15) is 9.18 Å². The van der Waals surface area contributed by atoms with E-state index in [4.69, 9.17) is 0 Å². The number of carbonyl (C=O) groups is 1. The zero-order valence-corrected chi connectivity index (χ0v) is 16.9. The van der Waals surface area contributed by atoms with Gasteiger partial charge in [0.1, 0.15) is 11.4 Å². The number of likely N-dealkylation sites (tertiary alicyclic amines) is 1. The van der Waals surface area contributed by atoms with E-state index >= 15 is 0 Å². The predicted molar refractivity (Wildman–Crippen MR) is 107 cm³/mol. The molecular weight excluding hydrogens is 363 g/mol. The smallest absolute Gasteiger partial charge is 0.245 e. The zero-order valence-electron chi connectivity index (χ0n) is 16.1. The molecule has 146 valence electrons. The van der Waals surface area contributed by atoms with Crippen LogP contribution in [0.15, 0.2) is 29.6 Å². The average molecular weight is 391 g/mol. The van der Waals surface area contributed by atoms with E-state index in [0.29, 0.717) is 18.5 Å². The van der Waals surface area contributed by atoms with Crippen LogP contribution < -0.4 is 10.6 Å². The minimum atomic E-state index is -0.730. The number of thiazole rings is 1. The molecule has 1 aliphatic heterocycles. The third-order valence-corrected chi connectivity index (χ3v) is 5.65. The molecule has 2 heterocycles. The summed E-state index contributed by atoms with van der Waals surface area (Å²) in [7, 11) is 0. The standard InChI is InChI=1S/C20H27FN4OS/c1-14(2)22-19(26)20(24-17-6-4-5-16(21)11-17)7-9-25(10-8-20)12-18-13-27-15(3)23-18/h4-6,11,13-14,24H,7-10,12H2,1-3H3,(H,22,26). The van der Waals surface area contributed by atoms with Crippen LogP contribution in [-0.2, 0) is 11.3 Å². The number of aromatic nitrogens is 1. The van der Waals surface area contributed by atoms with Gasteiger partial charge in [0.25, 0.3) is 0 Å². The topological polar surface area (TPSA) is 57.3 Å². The van der Waals surface area contributed by atoms with Crippen molar-refractivity contribution in [2.75, 3.05) is 18.4 Å². The van der Waals surface area contributed by atoms with Gasteiger partial charge in [0.15, 0.2) is 0 Å². The molecule has 2 N–H and O–H groups in total. The molecule has 2 aromatic rings. The van der Waals surface area contributed by atoms with Crippen LogP contribution in [0.1, 0.15) is 37.4 Å². The fourth-order valence-electron chi connectivity index (χ4n) is 3.45. The molecule has 3 rings (SSSR count). The Morgan fingerprint density at radius 2 is 2.11 bits per heavy atom. The molecule has 1 saturated heterocycles. The van der Waals surface area contributed by atoms with Crippen molar-refractivity contribution >= 4 is 22.9 Å². The first-order valence-electron chi connectivity index (χ1n) is 9.34. The van der Waals surface area contributed by atoms with Gasteiger partial charge in [-0.1, -0.05) is 6.07 Å². The van der Waals surface area contributed by atoms with E-state index in [1.165, 1.54) is 12.1 Å². The molecule has 0 spiro atoms. The van der Waals surface area contributed by atoms with Crippen LogP contribution in [0.3, 0.4) is 0 Å². The number of piperidine rings is 1. The van der Waals surface area contributed by atoms with E-state index < -0.39 is 5.54 Å². The number of nitrogens with zero attached hydrogens (tertiary/aromatic N) is 2. The van der Waals surface area contributed by atoms with Gasteiger partial charge in [-0.25, -0.2) is 9.37 Å². The number of anilines is 1. The van der Waals surface area contributed by atoms with Gasteiger partial charge in [0.2, 0.25) is 5.91 Å². The summed E-state index contributed by atoms with van der Waals surface area (Å²) in [6, 6.07) is 6.36. The van der Waals surface area contributed by atoms with Crippen LogP contribution in [0.25, 0.3) is 0 Å². The van der Waals surface area contributed by atoms with E-state index in [1.54, 1.807) is 23.5 Å². The summed E-state index contributed by atoms with van der Waals surface area (Å²) in [5.41, 5.74) is 0.985. The summed E-state index contributed by atoms with van der Waals surface area (Å²) < 4.78 is 13.6. The minimum absolute atomic E-state index is 0.0223. The summed E-state index contributed by atoms with van der Waals surface area (Å²) in [4.78, 5) is 19.8. The Bertz CT molecular complexity index is 784. The molecule has 0 radical (unpaired) electrons. The number of hydrogen-bond acceptors (Lipinski definition) is 5. The van der Waals surface area contributed by atoms with Crippen molar-refractivity contribution in [3.05, 3.63) is 46.2 Å². The van der Waals surface area contributed by atoms with Gasteiger partial charge < -0.3 is 10.6 Å². The van der Waals surface area contributed by atoms with Gasteiger partial charge in [-0.05, 0) is 51.8 Å². The fourth-order valence-corrected chi connectivity index (χ4v) is 4.06. The maximum Gasteiger partial charge on any atom is 0.245 e. The Labute approximate surface area is 164 Å². The molecule has 27 heavy (non-hydrogen) atoms. The molecule has 0 bridgehead atoms. The Kier molecular flexibility index (Phi) is 6.11. The maximum atomic E-state index is 13.6. The van der Waals surface area contributed by atoms with Crippen LogP contribution in [0.4, 0.5) is 10.1 Å². The summed E-state index contributed by atoms with van der Waals surface area (Å²) in [6.45, 7) is 8.27. The van der Waals surface area contributed by atoms with Gasteiger partial charge in [0, 0.05) is 36.7 Å². The average Bonchev–Trinajstić information content (AvgIpc) is 3.01. The number of benzene rings is 1. The van der Waals surface area contributed by atoms with Crippen molar-refractivity contribution in [3.63, 3.8) is 0 Å². The van der Waals surface area contributed by atoms with Crippen molar-refractivity contribution < 1.29 is 9.18 Å². The highest BCUT2D eigenvalue weighted by molar-refractivity contribution is 7.09. The second-order valence-electron chi connectivity index (χ2n) is 7.48. The van der Waals surface area contributed by atoms with Crippen molar-refractivity contribution in [3.8, 4) is 0 Å². The van der Waals surface area contributed by atoms with Crippen molar-refractivity contribution in [1.82, 2.24) is 15.2 Å². The molecule has 1 aromatic heterocycles. The van der Waals surface area contributed by atoms with Crippen LogP contribution in [0, 0.1) is 12.7 Å². The van der Waals surface area contributed by atoms with Gasteiger partial charge in [0.05, 0.1) is 10.7 Å². The molecule has 5 nitrogen and oxygen atoms in total. The molecule has 1 aromatic carbocycles. The number of aryl methyl sites for hydroxylation is 1. The summed E-state index contributed by atoms with van der Waals surface area (Å²) in [5.74, 6) is -0.332. The summed E-state index contributed by atoms with van der Waals surface area (Å²) in [6.07, 6.45) is 1.32. The second-order valence-corrected chi connectivity index (χ2v) is 8.54. The number of rotatable bonds is 6. The van der Waals surface area contributed by atoms with Crippen LogP contribution in [0.2, 0.25) is 0 Å². The maximum absolute atomic E-state index is 13.6. The normalized spacial score (nSPS) is 17.1. The molecular formula is C20H27FN4OS. The fraction of sp³-hybridized carbons (Fsp3) is 0.500. The molecule has 0 aliphatic carbocycles. The molecule has 0 unspecified atom stereocenters. The van der Waals surface area contributed by atoms with Crippen LogP contribution >= 0.6 is 11.3 Å². The molecule has 1 fully saturated rings. The third-order valence-electron chi connectivity index (χ3n) is 4.82. The number of halogens is 1. The van der Waals surface area contributed by atoms with E-state index in [0.717, 1.165) is 30.3 Å². The van der Waals surface area contributed by atoms with Crippen LogP contribution in [0.5, 0.6) is 0 Å². The molecule has 1 aliphatic rings. The Hall–Kier alpha value is -1.99. The number of hydrogen-bond donors (Lipinski definition) is 2. The monoisotopic (exact) mass is 390 g/mol. The number of amides is 1. The van der Waals surface area contributed by atoms with Gasteiger partial charge >= 0.3 is 0 Å². The van der Waals surface area contributed by atoms with Gasteiger partial charge in [-0.15, -0.1) is 11.3 Å². The van der Waals surface area contributed by atoms with Crippen molar-refractivity contribution in [2.45, 2.75) is 51.7 Å². The molecule has 7 heteroatoms. The summed E-state index contributed by atoms with van der Waals surface area (Å²) in [5, 5.41) is 9.53. The lowest BCUT2D eigenvalue weighted by Gasteiger charge is -2.42. The lowest BCUT2D eigenvalue weighted by atomic mass is 9.85. The molecule has 0 saturated carbocycles. The second kappa shape index (κ2) is 8.35.